The molecule has 1 unspecified atom stereocenters. The van der Waals surface area contributed by atoms with Crippen LogP contribution in [0.25, 0.3) is 0 Å². The Bertz CT molecular complexity index is 405. The van der Waals surface area contributed by atoms with Gasteiger partial charge in [0.25, 0.3) is 0 Å². The van der Waals surface area contributed by atoms with Crippen LogP contribution >= 0.6 is 15.9 Å². The largest absolute Gasteiger partial charge is 0.465 e. The molecule has 1 heterocycles. The van der Waals surface area contributed by atoms with Crippen LogP contribution in [0.2, 0.25) is 0 Å². The number of nitrogens with zero attached hydrogens (tertiary/aromatic N) is 1. The molecular weight excluding hydrogens is 284 g/mol. The van der Waals surface area contributed by atoms with Crippen molar-refractivity contribution in [3.8, 4) is 0 Å². The number of hydrogen-bond donors (Lipinski definition) is 2. The minimum absolute atomic E-state index is 0.401. The van der Waals surface area contributed by atoms with E-state index < -0.39 is 6.09 Å². The van der Waals surface area contributed by atoms with Crippen LogP contribution in [0, 0.1) is 5.92 Å². The fourth-order valence-electron chi connectivity index (χ4n) is 2.08. The predicted octanol–water partition coefficient (Wildman–Crippen LogP) is 2.54. The van der Waals surface area contributed by atoms with Gasteiger partial charge in [-0.1, -0.05) is 12.1 Å². The van der Waals surface area contributed by atoms with Gasteiger partial charge in [-0.15, -0.1) is 0 Å². The third-order valence-electron chi connectivity index (χ3n) is 2.98. The van der Waals surface area contributed by atoms with Crippen molar-refractivity contribution in [3.05, 3.63) is 28.7 Å². The number of carbonyl (C=O) groups is 1. The maximum atomic E-state index is 11.3. The molecule has 1 amide bonds. The Labute approximate surface area is 109 Å². The standard InChI is InChI=1S/C12H15BrN2O2/c13-10-3-1-2-4-11(10)15(12(16)17)8-9-5-6-14-7-9/h1-4,9,14H,5-8H2,(H,16,17). The van der Waals surface area contributed by atoms with Crippen molar-refractivity contribution in [2.24, 2.45) is 5.92 Å². The molecule has 1 fully saturated rings. The van der Waals surface area contributed by atoms with Gasteiger partial charge >= 0.3 is 6.09 Å². The molecule has 0 aliphatic carbocycles. The molecule has 1 saturated heterocycles. The van der Waals surface area contributed by atoms with Crippen LogP contribution in [0.15, 0.2) is 28.7 Å². The van der Waals surface area contributed by atoms with Crippen molar-refractivity contribution in [2.75, 3.05) is 24.5 Å². The molecule has 0 spiro atoms. The first-order valence-corrected chi connectivity index (χ1v) is 6.43. The first-order chi connectivity index (χ1) is 8.18. The average molecular weight is 299 g/mol. The number of rotatable bonds is 3. The van der Waals surface area contributed by atoms with Crippen LogP contribution in [-0.2, 0) is 0 Å². The topological polar surface area (TPSA) is 52.6 Å². The number of hydrogen-bond acceptors (Lipinski definition) is 2. The van der Waals surface area contributed by atoms with Crippen LogP contribution in [0.1, 0.15) is 6.42 Å². The van der Waals surface area contributed by atoms with E-state index in [1.165, 1.54) is 4.90 Å². The van der Waals surface area contributed by atoms with E-state index in [1.54, 1.807) is 0 Å². The lowest BCUT2D eigenvalue weighted by molar-refractivity contribution is 0.200. The predicted molar refractivity (Wildman–Crippen MR) is 70.5 cm³/mol. The number of halogens is 1. The number of benzene rings is 1. The van der Waals surface area contributed by atoms with Gasteiger partial charge in [0.15, 0.2) is 0 Å². The fourth-order valence-corrected chi connectivity index (χ4v) is 2.58. The van der Waals surface area contributed by atoms with Gasteiger partial charge in [0.2, 0.25) is 0 Å². The molecule has 2 rings (SSSR count). The molecule has 0 saturated carbocycles. The zero-order valence-corrected chi connectivity index (χ0v) is 11.0. The minimum Gasteiger partial charge on any atom is -0.465 e. The fraction of sp³-hybridized carbons (Fsp3) is 0.417. The third-order valence-corrected chi connectivity index (χ3v) is 3.65. The van der Waals surface area contributed by atoms with Gasteiger partial charge < -0.3 is 10.4 Å². The summed E-state index contributed by atoms with van der Waals surface area (Å²) in [6.07, 6.45) is 0.137. The molecule has 4 nitrogen and oxygen atoms in total. The van der Waals surface area contributed by atoms with Gasteiger partial charge in [-0.25, -0.2) is 4.79 Å². The van der Waals surface area contributed by atoms with E-state index in [2.05, 4.69) is 21.2 Å². The second kappa shape index (κ2) is 5.51. The van der Waals surface area contributed by atoms with E-state index in [0.717, 1.165) is 24.0 Å². The SMILES string of the molecule is O=C(O)N(CC1CCNC1)c1ccccc1Br. The zero-order chi connectivity index (χ0) is 12.3. The summed E-state index contributed by atoms with van der Waals surface area (Å²) in [6.45, 7) is 2.42. The second-order valence-corrected chi connectivity index (χ2v) is 5.06. The van der Waals surface area contributed by atoms with Crippen LogP contribution in [0.5, 0.6) is 0 Å². The Morgan fingerprint density at radius 1 is 1.53 bits per heavy atom. The van der Waals surface area contributed by atoms with Gasteiger partial charge in [0.05, 0.1) is 5.69 Å². The summed E-state index contributed by atoms with van der Waals surface area (Å²) >= 11 is 3.39. The van der Waals surface area contributed by atoms with E-state index in [4.69, 9.17) is 0 Å². The molecule has 1 aliphatic rings. The highest BCUT2D eigenvalue weighted by Gasteiger charge is 2.23. The van der Waals surface area contributed by atoms with Crippen molar-refractivity contribution in [1.82, 2.24) is 5.32 Å². The van der Waals surface area contributed by atoms with Crippen LogP contribution in [-0.4, -0.2) is 30.8 Å². The quantitative estimate of drug-likeness (QED) is 0.902. The molecule has 1 aromatic carbocycles. The molecule has 1 aromatic rings. The average Bonchev–Trinajstić information content (AvgIpc) is 2.79. The highest BCUT2D eigenvalue weighted by atomic mass is 79.9. The van der Waals surface area contributed by atoms with E-state index in [-0.39, 0.29) is 0 Å². The molecule has 17 heavy (non-hydrogen) atoms. The number of anilines is 1. The Morgan fingerprint density at radius 2 is 2.29 bits per heavy atom. The van der Waals surface area contributed by atoms with Crippen molar-refractivity contribution < 1.29 is 9.90 Å². The number of carboxylic acid groups (broad SMARTS) is 1. The van der Waals surface area contributed by atoms with Gasteiger partial charge in [-0.2, -0.15) is 0 Å². The van der Waals surface area contributed by atoms with Gasteiger partial charge in [-0.05, 0) is 53.5 Å². The Morgan fingerprint density at radius 3 is 2.88 bits per heavy atom. The lowest BCUT2D eigenvalue weighted by Crippen LogP contribution is -2.35. The van der Waals surface area contributed by atoms with Crippen molar-refractivity contribution in [1.29, 1.82) is 0 Å². The number of para-hydroxylation sites is 1. The highest BCUT2D eigenvalue weighted by Crippen LogP contribution is 2.27. The highest BCUT2D eigenvalue weighted by molar-refractivity contribution is 9.10. The molecule has 0 radical (unpaired) electrons. The molecule has 2 N–H and O–H groups in total. The number of nitrogens with one attached hydrogen (secondary N) is 1. The van der Waals surface area contributed by atoms with Crippen LogP contribution in [0.4, 0.5) is 10.5 Å². The molecule has 0 bridgehead atoms. The normalized spacial score (nSPS) is 19.2. The summed E-state index contributed by atoms with van der Waals surface area (Å²) in [5.41, 5.74) is 0.715. The van der Waals surface area contributed by atoms with Crippen molar-refractivity contribution in [2.45, 2.75) is 6.42 Å². The molecular formula is C12H15BrN2O2. The Kier molecular flexibility index (Phi) is 4.02. The molecule has 92 valence electrons. The number of amides is 1. The lowest BCUT2D eigenvalue weighted by Gasteiger charge is -2.23. The lowest BCUT2D eigenvalue weighted by atomic mass is 10.1. The molecule has 0 aromatic heterocycles. The molecule has 1 atom stereocenters. The van der Waals surface area contributed by atoms with Gasteiger partial charge in [0, 0.05) is 11.0 Å². The van der Waals surface area contributed by atoms with E-state index in [0.29, 0.717) is 18.2 Å². The summed E-state index contributed by atoms with van der Waals surface area (Å²) in [7, 11) is 0. The monoisotopic (exact) mass is 298 g/mol. The first kappa shape index (κ1) is 12.4. The second-order valence-electron chi connectivity index (χ2n) is 4.20. The van der Waals surface area contributed by atoms with E-state index in [1.807, 2.05) is 24.3 Å². The Hall–Kier alpha value is -1.07. The summed E-state index contributed by atoms with van der Waals surface area (Å²) < 4.78 is 0.813. The van der Waals surface area contributed by atoms with E-state index in [9.17, 15) is 9.90 Å². The van der Waals surface area contributed by atoms with Crippen LogP contribution < -0.4 is 10.2 Å². The molecule has 1 aliphatic heterocycles. The summed E-state index contributed by atoms with van der Waals surface area (Å²) in [4.78, 5) is 12.7. The van der Waals surface area contributed by atoms with Crippen molar-refractivity contribution >= 4 is 27.7 Å². The molecule has 5 heteroatoms. The summed E-state index contributed by atoms with van der Waals surface area (Å²) in [5.74, 6) is 0.401. The Balaban J connectivity index is 2.17. The smallest absolute Gasteiger partial charge is 0.411 e. The van der Waals surface area contributed by atoms with Gasteiger partial charge in [0.1, 0.15) is 0 Å². The minimum atomic E-state index is -0.899. The van der Waals surface area contributed by atoms with Crippen molar-refractivity contribution in [3.63, 3.8) is 0 Å². The van der Waals surface area contributed by atoms with Gasteiger partial charge in [-0.3, -0.25) is 4.90 Å². The van der Waals surface area contributed by atoms with Crippen LogP contribution in [0.3, 0.4) is 0 Å². The third kappa shape index (κ3) is 2.98. The van der Waals surface area contributed by atoms with E-state index >= 15 is 0 Å². The zero-order valence-electron chi connectivity index (χ0n) is 9.40. The maximum absolute atomic E-state index is 11.3. The first-order valence-electron chi connectivity index (χ1n) is 5.64. The maximum Gasteiger partial charge on any atom is 0.411 e. The summed E-state index contributed by atoms with van der Waals surface area (Å²) in [5, 5.41) is 12.5. The summed E-state index contributed by atoms with van der Waals surface area (Å²) in [6, 6.07) is 7.41.